The number of pyridine rings is 1. The number of anilines is 1. The van der Waals surface area contributed by atoms with Gasteiger partial charge in [0, 0.05) is 49.7 Å². The van der Waals surface area contributed by atoms with Gasteiger partial charge in [0.05, 0.1) is 10.5 Å². The molecule has 9 heteroatoms. The first-order valence-corrected chi connectivity index (χ1v) is 9.48. The molecule has 0 atom stereocenters. The van der Waals surface area contributed by atoms with Crippen LogP contribution in [0.4, 0.5) is 11.4 Å². The van der Waals surface area contributed by atoms with Gasteiger partial charge in [0.15, 0.2) is 0 Å². The van der Waals surface area contributed by atoms with E-state index in [0.29, 0.717) is 11.3 Å². The second-order valence-corrected chi connectivity index (χ2v) is 6.85. The maximum Gasteiger partial charge on any atom is 0.293 e. The summed E-state index contributed by atoms with van der Waals surface area (Å²) >= 11 is 0. The van der Waals surface area contributed by atoms with Crippen molar-refractivity contribution in [2.45, 2.75) is 19.8 Å². The summed E-state index contributed by atoms with van der Waals surface area (Å²) in [5, 5.41) is 16.8. The van der Waals surface area contributed by atoms with E-state index in [1.165, 1.54) is 12.3 Å². The molecule has 29 heavy (non-hydrogen) atoms. The lowest BCUT2D eigenvalue weighted by Gasteiger charge is -2.17. The Balaban J connectivity index is 1.55. The first kappa shape index (κ1) is 20.2. The highest BCUT2D eigenvalue weighted by atomic mass is 16.6. The molecule has 2 aromatic rings. The molecule has 1 aromatic carbocycles. The van der Waals surface area contributed by atoms with Crippen molar-refractivity contribution in [1.82, 2.24) is 15.6 Å². The molecule has 2 N–H and O–H groups in total. The highest BCUT2D eigenvalue weighted by Crippen LogP contribution is 2.31. The van der Waals surface area contributed by atoms with E-state index >= 15 is 0 Å². The van der Waals surface area contributed by atoms with Crippen LogP contribution in [0.3, 0.4) is 0 Å². The molecule has 1 aliphatic heterocycles. The number of amides is 2. The van der Waals surface area contributed by atoms with Crippen molar-refractivity contribution in [2.75, 3.05) is 31.1 Å². The fraction of sp³-hybridized carbons (Fsp3) is 0.350. The average molecular weight is 397 g/mol. The molecule has 0 aliphatic carbocycles. The lowest BCUT2D eigenvalue weighted by atomic mass is 10.1. The van der Waals surface area contributed by atoms with Gasteiger partial charge in [-0.1, -0.05) is 0 Å². The summed E-state index contributed by atoms with van der Waals surface area (Å²) in [6, 6.07) is 7.95. The molecule has 2 amide bonds. The SMILES string of the molecule is Cc1ccc(C(=O)NCCNC(=O)c2ccc(N3CCCC3)c([N+](=O)[O-])c2)cn1. The Morgan fingerprint density at radius 1 is 1.07 bits per heavy atom. The van der Waals surface area contributed by atoms with Crippen LogP contribution in [0.5, 0.6) is 0 Å². The number of hydrogen-bond donors (Lipinski definition) is 2. The molecule has 1 aliphatic rings. The zero-order valence-electron chi connectivity index (χ0n) is 16.2. The van der Waals surface area contributed by atoms with Crippen molar-refractivity contribution in [3.8, 4) is 0 Å². The van der Waals surface area contributed by atoms with Crippen LogP contribution in [-0.4, -0.2) is 47.9 Å². The highest BCUT2D eigenvalue weighted by molar-refractivity contribution is 5.96. The number of hydrogen-bond acceptors (Lipinski definition) is 6. The summed E-state index contributed by atoms with van der Waals surface area (Å²) in [6.07, 6.45) is 3.50. The first-order valence-electron chi connectivity index (χ1n) is 9.48. The fourth-order valence-electron chi connectivity index (χ4n) is 3.19. The van der Waals surface area contributed by atoms with Gasteiger partial charge in [-0.15, -0.1) is 0 Å². The van der Waals surface area contributed by atoms with Gasteiger partial charge >= 0.3 is 0 Å². The second-order valence-electron chi connectivity index (χ2n) is 6.85. The summed E-state index contributed by atoms with van der Waals surface area (Å²) in [4.78, 5) is 41.4. The molecule has 0 unspecified atom stereocenters. The number of nitro benzene ring substituents is 1. The van der Waals surface area contributed by atoms with Crippen molar-refractivity contribution < 1.29 is 14.5 Å². The molecule has 1 saturated heterocycles. The van der Waals surface area contributed by atoms with E-state index in [-0.39, 0.29) is 30.2 Å². The molecule has 2 heterocycles. The van der Waals surface area contributed by atoms with E-state index in [9.17, 15) is 19.7 Å². The largest absolute Gasteiger partial charge is 0.366 e. The number of aryl methyl sites for hydroxylation is 1. The van der Waals surface area contributed by atoms with Crippen LogP contribution in [0.1, 0.15) is 39.3 Å². The van der Waals surface area contributed by atoms with Crippen LogP contribution in [-0.2, 0) is 0 Å². The van der Waals surface area contributed by atoms with Gasteiger partial charge in [0.25, 0.3) is 17.5 Å². The lowest BCUT2D eigenvalue weighted by molar-refractivity contribution is -0.384. The normalized spacial score (nSPS) is 13.2. The summed E-state index contributed by atoms with van der Waals surface area (Å²) in [6.45, 7) is 3.82. The third-order valence-electron chi connectivity index (χ3n) is 4.75. The Morgan fingerprint density at radius 3 is 2.28 bits per heavy atom. The molecule has 3 rings (SSSR count). The highest BCUT2D eigenvalue weighted by Gasteiger charge is 2.23. The van der Waals surface area contributed by atoms with E-state index in [4.69, 9.17) is 0 Å². The second kappa shape index (κ2) is 9.13. The zero-order valence-corrected chi connectivity index (χ0v) is 16.2. The van der Waals surface area contributed by atoms with Crippen LogP contribution >= 0.6 is 0 Å². The Kier molecular flexibility index (Phi) is 6.38. The summed E-state index contributed by atoms with van der Waals surface area (Å²) in [5.74, 6) is -0.704. The smallest absolute Gasteiger partial charge is 0.293 e. The maximum atomic E-state index is 12.3. The van der Waals surface area contributed by atoms with E-state index in [2.05, 4.69) is 15.6 Å². The molecule has 0 bridgehead atoms. The Morgan fingerprint density at radius 2 is 1.69 bits per heavy atom. The third kappa shape index (κ3) is 5.07. The van der Waals surface area contributed by atoms with Gasteiger partial charge in [-0.3, -0.25) is 24.7 Å². The number of nitrogens with one attached hydrogen (secondary N) is 2. The molecular weight excluding hydrogens is 374 g/mol. The third-order valence-corrected chi connectivity index (χ3v) is 4.75. The Hall–Kier alpha value is -3.49. The van der Waals surface area contributed by atoms with Gasteiger partial charge in [0.2, 0.25) is 0 Å². The van der Waals surface area contributed by atoms with Gasteiger partial charge in [-0.05, 0) is 44.0 Å². The summed E-state index contributed by atoms with van der Waals surface area (Å²) < 4.78 is 0. The summed E-state index contributed by atoms with van der Waals surface area (Å²) in [7, 11) is 0. The number of aromatic nitrogens is 1. The van der Waals surface area contributed by atoms with E-state index in [0.717, 1.165) is 31.6 Å². The van der Waals surface area contributed by atoms with E-state index in [1.54, 1.807) is 24.3 Å². The molecule has 0 spiro atoms. The van der Waals surface area contributed by atoms with Crippen molar-refractivity contribution in [1.29, 1.82) is 0 Å². The Labute approximate surface area is 168 Å². The van der Waals surface area contributed by atoms with Crippen molar-refractivity contribution in [3.05, 3.63) is 63.5 Å². The fourth-order valence-corrected chi connectivity index (χ4v) is 3.19. The van der Waals surface area contributed by atoms with Gasteiger partial charge in [0.1, 0.15) is 5.69 Å². The number of carbonyl (C=O) groups excluding carboxylic acids is 2. The molecule has 0 saturated carbocycles. The summed E-state index contributed by atoms with van der Waals surface area (Å²) in [5.41, 5.74) is 1.95. The molecular formula is C20H23N5O4. The van der Waals surface area contributed by atoms with E-state index in [1.807, 2.05) is 11.8 Å². The number of nitro groups is 1. The zero-order chi connectivity index (χ0) is 20.8. The molecule has 0 radical (unpaired) electrons. The van der Waals surface area contributed by atoms with Crippen molar-refractivity contribution >= 4 is 23.2 Å². The van der Waals surface area contributed by atoms with Crippen LogP contribution in [0, 0.1) is 17.0 Å². The standard InChI is InChI=1S/C20H23N5O4/c1-14-4-5-16(13-23-14)20(27)22-9-8-21-19(26)15-6-7-17(18(12-15)25(28)29)24-10-2-3-11-24/h4-7,12-13H,2-3,8-11H2,1H3,(H,21,26)(H,22,27). The van der Waals surface area contributed by atoms with Crippen LogP contribution in [0.2, 0.25) is 0 Å². The maximum absolute atomic E-state index is 12.3. The van der Waals surface area contributed by atoms with Crippen molar-refractivity contribution in [3.63, 3.8) is 0 Å². The van der Waals surface area contributed by atoms with E-state index < -0.39 is 10.8 Å². The van der Waals surface area contributed by atoms with Crippen molar-refractivity contribution in [2.24, 2.45) is 0 Å². The molecule has 1 fully saturated rings. The number of benzene rings is 1. The monoisotopic (exact) mass is 397 g/mol. The number of carbonyl (C=O) groups is 2. The predicted octanol–water partition coefficient (Wildman–Crippen LogP) is 2.06. The van der Waals surface area contributed by atoms with Gasteiger partial charge < -0.3 is 15.5 Å². The minimum Gasteiger partial charge on any atom is -0.366 e. The minimum atomic E-state index is -0.458. The molecule has 152 valence electrons. The molecule has 9 nitrogen and oxygen atoms in total. The Bertz CT molecular complexity index is 908. The first-order chi connectivity index (χ1) is 14.0. The number of rotatable bonds is 7. The van der Waals surface area contributed by atoms with Crippen LogP contribution in [0.15, 0.2) is 36.5 Å². The lowest BCUT2D eigenvalue weighted by Crippen LogP contribution is -2.34. The average Bonchev–Trinajstić information content (AvgIpc) is 3.25. The van der Waals surface area contributed by atoms with Gasteiger partial charge in [-0.2, -0.15) is 0 Å². The van der Waals surface area contributed by atoms with Gasteiger partial charge in [-0.25, -0.2) is 0 Å². The van der Waals surface area contributed by atoms with Crippen LogP contribution < -0.4 is 15.5 Å². The number of nitrogens with zero attached hydrogens (tertiary/aromatic N) is 3. The topological polar surface area (TPSA) is 117 Å². The quantitative estimate of drug-likeness (QED) is 0.419. The van der Waals surface area contributed by atoms with Crippen LogP contribution in [0.25, 0.3) is 0 Å². The minimum absolute atomic E-state index is 0.0697. The predicted molar refractivity (Wildman–Crippen MR) is 108 cm³/mol. The molecule has 1 aromatic heterocycles.